The van der Waals surface area contributed by atoms with Crippen molar-refractivity contribution in [2.45, 2.75) is 32.1 Å². The fraction of sp³-hybridized carbons (Fsp3) is 0.238. The van der Waals surface area contributed by atoms with Gasteiger partial charge in [0.15, 0.2) is 6.29 Å². The Morgan fingerprint density at radius 1 is 0.826 bits per heavy atom. The smallest absolute Gasteiger partial charge is 0.152 e. The molecule has 0 aliphatic carbocycles. The molecule has 116 valence electrons. The van der Waals surface area contributed by atoms with Crippen LogP contribution in [0.4, 0.5) is 0 Å². The van der Waals surface area contributed by atoms with Crippen LogP contribution in [0, 0.1) is 0 Å². The van der Waals surface area contributed by atoms with Crippen LogP contribution in [0.3, 0.4) is 0 Å². The van der Waals surface area contributed by atoms with Gasteiger partial charge in [-0.05, 0) is 48.9 Å². The molecule has 1 heterocycles. The van der Waals surface area contributed by atoms with Crippen LogP contribution >= 0.6 is 0 Å². The Morgan fingerprint density at radius 2 is 1.65 bits per heavy atom. The normalized spacial score (nSPS) is 10.8. The zero-order chi connectivity index (χ0) is 15.9. The minimum Gasteiger partial charge on any atom is -0.298 e. The summed E-state index contributed by atoms with van der Waals surface area (Å²) >= 11 is 0. The molecular formula is C21H21NO. The Balaban J connectivity index is 1.58. The maximum atomic E-state index is 11.1. The molecule has 3 rings (SSSR count). The lowest BCUT2D eigenvalue weighted by Gasteiger charge is -2.08. The van der Waals surface area contributed by atoms with Crippen LogP contribution in [-0.2, 0) is 12.8 Å². The van der Waals surface area contributed by atoms with Crippen molar-refractivity contribution in [2.24, 2.45) is 0 Å². The molecular weight excluding hydrogens is 282 g/mol. The van der Waals surface area contributed by atoms with Crippen molar-refractivity contribution >= 4 is 17.2 Å². The van der Waals surface area contributed by atoms with Crippen LogP contribution in [0.25, 0.3) is 10.9 Å². The molecule has 0 aliphatic heterocycles. The summed E-state index contributed by atoms with van der Waals surface area (Å²) < 4.78 is 0. The number of hydrogen-bond acceptors (Lipinski definition) is 2. The maximum Gasteiger partial charge on any atom is 0.152 e. The second-order valence-corrected chi connectivity index (χ2v) is 5.88. The Kier molecular flexibility index (Phi) is 5.15. The summed E-state index contributed by atoms with van der Waals surface area (Å²) in [4.78, 5) is 15.5. The average molecular weight is 303 g/mol. The van der Waals surface area contributed by atoms with Crippen molar-refractivity contribution in [3.05, 3.63) is 77.5 Å². The highest BCUT2D eigenvalue weighted by molar-refractivity contribution is 5.96. The Hall–Kier alpha value is -2.48. The van der Waals surface area contributed by atoms with Crippen LogP contribution in [0.15, 0.2) is 60.8 Å². The molecule has 23 heavy (non-hydrogen) atoms. The van der Waals surface area contributed by atoms with Crippen molar-refractivity contribution in [2.75, 3.05) is 0 Å². The first-order chi connectivity index (χ1) is 11.4. The van der Waals surface area contributed by atoms with Gasteiger partial charge in [-0.2, -0.15) is 0 Å². The van der Waals surface area contributed by atoms with Crippen molar-refractivity contribution in [3.63, 3.8) is 0 Å². The molecule has 0 bridgehead atoms. The monoisotopic (exact) mass is 303 g/mol. The molecule has 3 aromatic rings. The molecule has 0 atom stereocenters. The van der Waals surface area contributed by atoms with E-state index in [1.54, 1.807) is 6.20 Å². The van der Waals surface area contributed by atoms with Gasteiger partial charge in [-0.25, -0.2) is 0 Å². The zero-order valence-corrected chi connectivity index (χ0v) is 13.2. The lowest BCUT2D eigenvalue weighted by molar-refractivity contribution is 0.112. The summed E-state index contributed by atoms with van der Waals surface area (Å²) in [6, 6.07) is 18.6. The molecule has 1 aromatic heterocycles. The first kappa shape index (κ1) is 15.4. The van der Waals surface area contributed by atoms with E-state index in [2.05, 4.69) is 47.4 Å². The molecule has 2 heteroatoms. The second kappa shape index (κ2) is 7.68. The van der Waals surface area contributed by atoms with Gasteiger partial charge in [0, 0.05) is 17.1 Å². The van der Waals surface area contributed by atoms with Gasteiger partial charge in [0.1, 0.15) is 0 Å². The summed E-state index contributed by atoms with van der Waals surface area (Å²) in [6.07, 6.45) is 8.41. The largest absolute Gasteiger partial charge is 0.298 e. The summed E-state index contributed by atoms with van der Waals surface area (Å²) in [5, 5.41) is 1.11. The van der Waals surface area contributed by atoms with Crippen molar-refractivity contribution < 1.29 is 4.79 Å². The van der Waals surface area contributed by atoms with E-state index in [0.717, 1.165) is 36.5 Å². The van der Waals surface area contributed by atoms with Crippen molar-refractivity contribution in [1.82, 2.24) is 4.98 Å². The van der Waals surface area contributed by atoms with E-state index in [1.807, 2.05) is 12.1 Å². The van der Waals surface area contributed by atoms with Crippen LogP contribution in [-0.4, -0.2) is 11.3 Å². The SMILES string of the molecule is O=Cc1ccc(CCCCCc2ccccc2)c2cccnc12. The molecule has 0 saturated carbocycles. The van der Waals surface area contributed by atoms with Crippen LogP contribution in [0.1, 0.15) is 40.7 Å². The highest BCUT2D eigenvalue weighted by Gasteiger charge is 2.06. The molecule has 0 saturated heterocycles. The predicted octanol–water partition coefficient (Wildman–Crippen LogP) is 5.00. The molecule has 0 unspecified atom stereocenters. The van der Waals surface area contributed by atoms with Gasteiger partial charge < -0.3 is 0 Å². The number of aldehydes is 1. The highest BCUT2D eigenvalue weighted by Crippen LogP contribution is 2.22. The summed E-state index contributed by atoms with van der Waals surface area (Å²) in [5.74, 6) is 0. The fourth-order valence-corrected chi connectivity index (χ4v) is 3.03. The van der Waals surface area contributed by atoms with E-state index < -0.39 is 0 Å². The van der Waals surface area contributed by atoms with Gasteiger partial charge in [-0.3, -0.25) is 9.78 Å². The number of aryl methyl sites for hydroxylation is 2. The molecule has 0 fully saturated rings. The van der Waals surface area contributed by atoms with E-state index in [9.17, 15) is 4.79 Å². The third-order valence-electron chi connectivity index (χ3n) is 4.27. The van der Waals surface area contributed by atoms with Gasteiger partial charge >= 0.3 is 0 Å². The maximum absolute atomic E-state index is 11.1. The lowest BCUT2D eigenvalue weighted by atomic mass is 9.98. The number of benzene rings is 2. The number of fused-ring (bicyclic) bond motifs is 1. The number of carbonyl (C=O) groups is 1. The lowest BCUT2D eigenvalue weighted by Crippen LogP contribution is -1.94. The van der Waals surface area contributed by atoms with Crippen LogP contribution in [0.5, 0.6) is 0 Å². The fourth-order valence-electron chi connectivity index (χ4n) is 3.03. The standard InChI is InChI=1S/C21H21NO/c23-16-19-14-13-18(20-12-7-15-22-21(19)20)11-6-2-5-10-17-8-3-1-4-9-17/h1,3-4,7-9,12-16H,2,5-6,10-11H2. The third-order valence-corrected chi connectivity index (χ3v) is 4.27. The molecule has 0 amide bonds. The van der Waals surface area contributed by atoms with Crippen LogP contribution in [0.2, 0.25) is 0 Å². The first-order valence-electron chi connectivity index (χ1n) is 8.24. The van der Waals surface area contributed by atoms with E-state index in [-0.39, 0.29) is 0 Å². The second-order valence-electron chi connectivity index (χ2n) is 5.88. The number of aromatic nitrogens is 1. The molecule has 2 nitrogen and oxygen atoms in total. The molecule has 0 N–H and O–H groups in total. The summed E-state index contributed by atoms with van der Waals surface area (Å²) in [5.41, 5.74) is 4.20. The number of pyridine rings is 1. The van der Waals surface area contributed by atoms with Crippen LogP contribution < -0.4 is 0 Å². The molecule has 2 aromatic carbocycles. The number of nitrogens with zero attached hydrogens (tertiary/aromatic N) is 1. The predicted molar refractivity (Wildman–Crippen MR) is 94.8 cm³/mol. The van der Waals surface area contributed by atoms with Gasteiger partial charge in [-0.1, -0.05) is 48.9 Å². The Bertz CT molecular complexity index is 780. The quantitative estimate of drug-likeness (QED) is 0.454. The number of unbranched alkanes of at least 4 members (excludes halogenated alkanes) is 2. The summed E-state index contributed by atoms with van der Waals surface area (Å²) in [7, 11) is 0. The first-order valence-corrected chi connectivity index (χ1v) is 8.24. The number of rotatable bonds is 7. The summed E-state index contributed by atoms with van der Waals surface area (Å²) in [6.45, 7) is 0. The zero-order valence-electron chi connectivity index (χ0n) is 13.2. The van der Waals surface area contributed by atoms with Gasteiger partial charge in [0.25, 0.3) is 0 Å². The van der Waals surface area contributed by atoms with Gasteiger partial charge in [0.2, 0.25) is 0 Å². The molecule has 0 aliphatic rings. The van der Waals surface area contributed by atoms with E-state index >= 15 is 0 Å². The Labute approximate surface area is 137 Å². The Morgan fingerprint density at radius 3 is 2.48 bits per heavy atom. The third kappa shape index (κ3) is 3.84. The minimum absolute atomic E-state index is 0.674. The number of carbonyl (C=O) groups excluding carboxylic acids is 1. The van der Waals surface area contributed by atoms with E-state index in [0.29, 0.717) is 5.56 Å². The van der Waals surface area contributed by atoms with E-state index in [1.165, 1.54) is 24.0 Å². The average Bonchev–Trinajstić information content (AvgIpc) is 2.62. The topological polar surface area (TPSA) is 30.0 Å². The minimum atomic E-state index is 0.674. The highest BCUT2D eigenvalue weighted by atomic mass is 16.1. The van der Waals surface area contributed by atoms with Crippen molar-refractivity contribution in [3.8, 4) is 0 Å². The number of hydrogen-bond donors (Lipinski definition) is 0. The molecule has 0 spiro atoms. The molecule has 0 radical (unpaired) electrons. The van der Waals surface area contributed by atoms with Gasteiger partial charge in [0.05, 0.1) is 5.52 Å². The van der Waals surface area contributed by atoms with E-state index in [4.69, 9.17) is 0 Å². The van der Waals surface area contributed by atoms with Gasteiger partial charge in [-0.15, -0.1) is 0 Å². The van der Waals surface area contributed by atoms with Crippen molar-refractivity contribution in [1.29, 1.82) is 0 Å².